The standard InChI is InChI=1S/C15H15N3OS/c16-13(15(19)18-11-5-6-20-9-11)7-10-8-17-14-4-2-1-3-12(10)14/h1-6,8-9,13,17H,7,16H2,(H,18,19). The van der Waals surface area contributed by atoms with Crippen molar-refractivity contribution in [1.29, 1.82) is 0 Å². The Morgan fingerprint density at radius 3 is 3.00 bits per heavy atom. The van der Waals surface area contributed by atoms with E-state index in [4.69, 9.17) is 5.73 Å². The fraction of sp³-hybridized carbons (Fsp3) is 0.133. The lowest BCUT2D eigenvalue weighted by atomic mass is 10.1. The van der Waals surface area contributed by atoms with Crippen LogP contribution in [-0.4, -0.2) is 16.9 Å². The Labute approximate surface area is 120 Å². The van der Waals surface area contributed by atoms with Gasteiger partial charge in [0, 0.05) is 22.5 Å². The molecule has 0 radical (unpaired) electrons. The number of benzene rings is 1. The summed E-state index contributed by atoms with van der Waals surface area (Å²) in [5, 5.41) is 7.74. The van der Waals surface area contributed by atoms with Gasteiger partial charge in [0.15, 0.2) is 0 Å². The zero-order valence-corrected chi connectivity index (χ0v) is 11.6. The first-order valence-electron chi connectivity index (χ1n) is 6.37. The van der Waals surface area contributed by atoms with Crippen LogP contribution in [0.3, 0.4) is 0 Å². The number of fused-ring (bicyclic) bond motifs is 1. The summed E-state index contributed by atoms with van der Waals surface area (Å²) in [5.74, 6) is -0.159. The lowest BCUT2D eigenvalue weighted by Crippen LogP contribution is -2.37. The van der Waals surface area contributed by atoms with Gasteiger partial charge < -0.3 is 16.0 Å². The molecular weight excluding hydrogens is 270 g/mol. The molecule has 4 N–H and O–H groups in total. The zero-order chi connectivity index (χ0) is 13.9. The van der Waals surface area contributed by atoms with Gasteiger partial charge >= 0.3 is 0 Å². The van der Waals surface area contributed by atoms with Gasteiger partial charge in [-0.3, -0.25) is 4.79 Å². The van der Waals surface area contributed by atoms with Crippen molar-refractivity contribution in [3.63, 3.8) is 0 Å². The van der Waals surface area contributed by atoms with E-state index in [0.29, 0.717) is 6.42 Å². The van der Waals surface area contributed by atoms with E-state index in [9.17, 15) is 4.79 Å². The average Bonchev–Trinajstić information content (AvgIpc) is 3.09. The Kier molecular flexibility index (Phi) is 3.54. The van der Waals surface area contributed by atoms with Gasteiger partial charge in [-0.1, -0.05) is 18.2 Å². The van der Waals surface area contributed by atoms with Crippen LogP contribution in [0.15, 0.2) is 47.3 Å². The molecule has 0 bridgehead atoms. The van der Waals surface area contributed by atoms with Gasteiger partial charge in [0.1, 0.15) is 0 Å². The molecule has 2 aromatic heterocycles. The lowest BCUT2D eigenvalue weighted by molar-refractivity contribution is -0.117. The van der Waals surface area contributed by atoms with Crippen LogP contribution in [0.5, 0.6) is 0 Å². The molecule has 0 aliphatic rings. The Morgan fingerprint density at radius 1 is 1.35 bits per heavy atom. The van der Waals surface area contributed by atoms with Crippen molar-refractivity contribution in [3.05, 3.63) is 52.9 Å². The van der Waals surface area contributed by atoms with Gasteiger partial charge in [-0.2, -0.15) is 11.3 Å². The van der Waals surface area contributed by atoms with Crippen molar-refractivity contribution in [2.45, 2.75) is 12.5 Å². The second-order valence-corrected chi connectivity index (χ2v) is 5.45. The number of hydrogen-bond donors (Lipinski definition) is 3. The summed E-state index contributed by atoms with van der Waals surface area (Å²) < 4.78 is 0. The minimum Gasteiger partial charge on any atom is -0.361 e. The van der Waals surface area contributed by atoms with Crippen LogP contribution in [0.4, 0.5) is 5.69 Å². The number of carbonyl (C=O) groups excluding carboxylic acids is 1. The number of thiophene rings is 1. The summed E-state index contributed by atoms with van der Waals surface area (Å²) in [6, 6.07) is 9.30. The number of nitrogens with two attached hydrogens (primary N) is 1. The van der Waals surface area contributed by atoms with E-state index in [1.807, 2.05) is 47.3 Å². The van der Waals surface area contributed by atoms with E-state index in [2.05, 4.69) is 10.3 Å². The maximum atomic E-state index is 12.0. The third-order valence-electron chi connectivity index (χ3n) is 3.24. The zero-order valence-electron chi connectivity index (χ0n) is 10.8. The molecule has 0 aliphatic carbocycles. The number of aromatic nitrogens is 1. The first kappa shape index (κ1) is 12.9. The third-order valence-corrected chi connectivity index (χ3v) is 3.92. The number of nitrogens with one attached hydrogen (secondary N) is 2. The number of hydrogen-bond acceptors (Lipinski definition) is 3. The highest BCUT2D eigenvalue weighted by Gasteiger charge is 2.16. The molecule has 0 saturated carbocycles. The van der Waals surface area contributed by atoms with Crippen LogP contribution in [0.2, 0.25) is 0 Å². The maximum absolute atomic E-state index is 12.0. The Hall–Kier alpha value is -2.11. The van der Waals surface area contributed by atoms with Crippen LogP contribution >= 0.6 is 11.3 Å². The average molecular weight is 285 g/mol. The van der Waals surface area contributed by atoms with Crippen molar-refractivity contribution in [2.75, 3.05) is 5.32 Å². The number of aromatic amines is 1. The van der Waals surface area contributed by atoms with Gasteiger partial charge in [0.05, 0.1) is 11.7 Å². The van der Waals surface area contributed by atoms with Gasteiger partial charge in [0.25, 0.3) is 0 Å². The van der Waals surface area contributed by atoms with Crippen molar-refractivity contribution >= 4 is 33.8 Å². The Morgan fingerprint density at radius 2 is 2.20 bits per heavy atom. The number of amides is 1. The van der Waals surface area contributed by atoms with E-state index in [-0.39, 0.29) is 5.91 Å². The third kappa shape index (κ3) is 2.59. The van der Waals surface area contributed by atoms with Crippen LogP contribution in [0, 0.1) is 0 Å². The van der Waals surface area contributed by atoms with Gasteiger partial charge in [-0.15, -0.1) is 0 Å². The number of H-pyrrole nitrogens is 1. The second-order valence-electron chi connectivity index (χ2n) is 4.67. The summed E-state index contributed by atoms with van der Waals surface area (Å²) >= 11 is 1.54. The highest BCUT2D eigenvalue weighted by atomic mass is 32.1. The molecule has 4 nitrogen and oxygen atoms in total. The highest BCUT2D eigenvalue weighted by molar-refractivity contribution is 7.08. The Balaban J connectivity index is 1.72. The van der Waals surface area contributed by atoms with Gasteiger partial charge in [0.2, 0.25) is 5.91 Å². The topological polar surface area (TPSA) is 70.9 Å². The summed E-state index contributed by atoms with van der Waals surface area (Å²) in [6.45, 7) is 0. The van der Waals surface area contributed by atoms with Gasteiger partial charge in [-0.25, -0.2) is 0 Å². The van der Waals surface area contributed by atoms with E-state index >= 15 is 0 Å². The molecule has 20 heavy (non-hydrogen) atoms. The van der Waals surface area contributed by atoms with E-state index in [0.717, 1.165) is 22.2 Å². The van der Waals surface area contributed by atoms with Crippen LogP contribution in [-0.2, 0) is 11.2 Å². The van der Waals surface area contributed by atoms with E-state index < -0.39 is 6.04 Å². The predicted molar refractivity (Wildman–Crippen MR) is 82.9 cm³/mol. The van der Waals surface area contributed by atoms with Crippen LogP contribution in [0.25, 0.3) is 10.9 Å². The van der Waals surface area contributed by atoms with Crippen molar-refractivity contribution < 1.29 is 4.79 Å². The summed E-state index contributed by atoms with van der Waals surface area (Å²) in [6.07, 6.45) is 2.43. The van der Waals surface area contributed by atoms with Gasteiger partial charge in [-0.05, 0) is 29.5 Å². The van der Waals surface area contributed by atoms with Crippen molar-refractivity contribution in [2.24, 2.45) is 5.73 Å². The summed E-state index contributed by atoms with van der Waals surface area (Å²) in [7, 11) is 0. The molecule has 3 rings (SSSR count). The molecule has 0 fully saturated rings. The first-order chi connectivity index (χ1) is 9.74. The van der Waals surface area contributed by atoms with Crippen LogP contribution in [0.1, 0.15) is 5.56 Å². The molecular formula is C15H15N3OS. The molecule has 1 amide bonds. The molecule has 1 unspecified atom stereocenters. The number of rotatable bonds is 4. The smallest absolute Gasteiger partial charge is 0.241 e. The predicted octanol–water partition coefficient (Wildman–Crippen LogP) is 2.74. The maximum Gasteiger partial charge on any atom is 0.241 e. The SMILES string of the molecule is NC(Cc1c[nH]c2ccccc12)C(=O)Nc1ccsc1. The van der Waals surface area contributed by atoms with Crippen LogP contribution < -0.4 is 11.1 Å². The fourth-order valence-corrected chi connectivity index (χ4v) is 2.79. The minimum absolute atomic E-state index is 0.159. The monoisotopic (exact) mass is 285 g/mol. The lowest BCUT2D eigenvalue weighted by Gasteiger charge is -2.10. The fourth-order valence-electron chi connectivity index (χ4n) is 2.20. The molecule has 1 atom stereocenters. The molecule has 3 aromatic rings. The number of anilines is 1. The molecule has 0 aliphatic heterocycles. The molecule has 0 saturated heterocycles. The second kappa shape index (κ2) is 5.48. The minimum atomic E-state index is -0.561. The highest BCUT2D eigenvalue weighted by Crippen LogP contribution is 2.19. The normalized spacial score (nSPS) is 12.4. The van der Waals surface area contributed by atoms with Crippen molar-refractivity contribution in [1.82, 2.24) is 4.98 Å². The number of para-hydroxylation sites is 1. The van der Waals surface area contributed by atoms with E-state index in [1.54, 1.807) is 0 Å². The molecule has 1 aromatic carbocycles. The van der Waals surface area contributed by atoms with Crippen molar-refractivity contribution in [3.8, 4) is 0 Å². The quantitative estimate of drug-likeness (QED) is 0.689. The Bertz CT molecular complexity index is 718. The largest absolute Gasteiger partial charge is 0.361 e. The molecule has 0 spiro atoms. The molecule has 5 heteroatoms. The summed E-state index contributed by atoms with van der Waals surface area (Å²) in [5.41, 5.74) is 8.92. The number of carbonyl (C=O) groups is 1. The molecule has 2 heterocycles. The first-order valence-corrected chi connectivity index (χ1v) is 7.32. The summed E-state index contributed by atoms with van der Waals surface area (Å²) in [4.78, 5) is 15.2. The molecule has 102 valence electrons. The van der Waals surface area contributed by atoms with E-state index in [1.165, 1.54) is 11.3 Å².